The molecule has 0 aliphatic carbocycles. The molecule has 0 atom stereocenters. The fourth-order valence-electron chi connectivity index (χ4n) is 2.59. The standard InChI is InChI=1S/C21H14F5NO/c1-28-11-18(24)20(25)13-4-2-12(3-5-13)14-6-7-19(27-10-14)15-8-16(22)21(26)17(23)9-15/h2-10H,11H2,1H3/b20-18+. The van der Waals surface area contributed by atoms with Gasteiger partial charge in [0.25, 0.3) is 0 Å². The third-order valence-electron chi connectivity index (χ3n) is 4.02. The number of hydrogen-bond acceptors (Lipinski definition) is 2. The van der Waals surface area contributed by atoms with Gasteiger partial charge in [0.05, 0.1) is 5.69 Å². The summed E-state index contributed by atoms with van der Waals surface area (Å²) in [7, 11) is 1.27. The smallest absolute Gasteiger partial charge is 0.194 e. The molecule has 0 aliphatic rings. The Morgan fingerprint density at radius 2 is 1.46 bits per heavy atom. The van der Waals surface area contributed by atoms with Crippen LogP contribution in [0.4, 0.5) is 22.0 Å². The lowest BCUT2D eigenvalue weighted by Gasteiger charge is -2.07. The lowest BCUT2D eigenvalue weighted by Crippen LogP contribution is -1.93. The van der Waals surface area contributed by atoms with Gasteiger partial charge in [-0.25, -0.2) is 22.0 Å². The van der Waals surface area contributed by atoms with Gasteiger partial charge in [-0.3, -0.25) is 4.98 Å². The average Bonchev–Trinajstić information content (AvgIpc) is 2.71. The number of halogens is 5. The van der Waals surface area contributed by atoms with E-state index in [4.69, 9.17) is 0 Å². The van der Waals surface area contributed by atoms with E-state index in [-0.39, 0.29) is 16.8 Å². The first-order valence-electron chi connectivity index (χ1n) is 8.15. The quantitative estimate of drug-likeness (QED) is 0.388. The molecule has 0 saturated heterocycles. The maximum atomic E-state index is 13.9. The van der Waals surface area contributed by atoms with Crippen molar-refractivity contribution in [2.24, 2.45) is 0 Å². The van der Waals surface area contributed by atoms with E-state index in [1.807, 2.05) is 0 Å². The number of ether oxygens (including phenoxy) is 1. The van der Waals surface area contributed by atoms with Crippen LogP contribution in [0.25, 0.3) is 28.2 Å². The summed E-state index contributed by atoms with van der Waals surface area (Å²) in [5.74, 6) is -6.13. The second-order valence-electron chi connectivity index (χ2n) is 5.92. The van der Waals surface area contributed by atoms with Crippen LogP contribution in [0.3, 0.4) is 0 Å². The fraction of sp³-hybridized carbons (Fsp3) is 0.0952. The van der Waals surface area contributed by atoms with Crippen LogP contribution in [0.15, 0.2) is 60.6 Å². The molecule has 0 unspecified atom stereocenters. The molecule has 3 rings (SSSR count). The molecule has 0 aliphatic heterocycles. The van der Waals surface area contributed by atoms with Crippen molar-refractivity contribution in [1.29, 1.82) is 0 Å². The first kappa shape index (κ1) is 19.7. The van der Waals surface area contributed by atoms with Crippen molar-refractivity contribution in [1.82, 2.24) is 4.98 Å². The molecule has 0 saturated carbocycles. The summed E-state index contributed by atoms with van der Waals surface area (Å²) in [5.41, 5.74) is 1.76. The Morgan fingerprint density at radius 3 is 2.00 bits per heavy atom. The van der Waals surface area contributed by atoms with Gasteiger partial charge in [-0.05, 0) is 23.8 Å². The van der Waals surface area contributed by atoms with Gasteiger partial charge >= 0.3 is 0 Å². The topological polar surface area (TPSA) is 22.1 Å². The highest BCUT2D eigenvalue weighted by Gasteiger charge is 2.13. The highest BCUT2D eigenvalue weighted by Crippen LogP contribution is 2.27. The second-order valence-corrected chi connectivity index (χ2v) is 5.92. The van der Waals surface area contributed by atoms with Crippen LogP contribution in [-0.4, -0.2) is 18.7 Å². The summed E-state index contributed by atoms with van der Waals surface area (Å²) in [5, 5.41) is 0. The number of methoxy groups -OCH3 is 1. The molecule has 28 heavy (non-hydrogen) atoms. The minimum atomic E-state index is -1.54. The summed E-state index contributed by atoms with van der Waals surface area (Å²) in [4.78, 5) is 4.13. The van der Waals surface area contributed by atoms with Crippen LogP contribution in [0.5, 0.6) is 0 Å². The number of benzene rings is 2. The van der Waals surface area contributed by atoms with Gasteiger partial charge < -0.3 is 4.74 Å². The Balaban J connectivity index is 1.85. The molecule has 2 aromatic carbocycles. The Labute approximate surface area is 157 Å². The zero-order chi connectivity index (χ0) is 20.3. The molecule has 0 N–H and O–H groups in total. The average molecular weight is 391 g/mol. The van der Waals surface area contributed by atoms with E-state index in [0.29, 0.717) is 11.1 Å². The Hall–Kier alpha value is -3.06. The molecule has 7 heteroatoms. The van der Waals surface area contributed by atoms with Gasteiger partial charge in [0.1, 0.15) is 6.61 Å². The SMILES string of the molecule is COC/C(F)=C(\F)c1ccc(-c2ccc(-c3cc(F)c(F)c(F)c3)nc2)cc1. The van der Waals surface area contributed by atoms with Crippen molar-refractivity contribution in [3.05, 3.63) is 83.6 Å². The summed E-state index contributed by atoms with van der Waals surface area (Å²) in [6, 6.07) is 10.9. The van der Waals surface area contributed by atoms with Crippen LogP contribution < -0.4 is 0 Å². The largest absolute Gasteiger partial charge is 0.377 e. The third kappa shape index (κ3) is 4.09. The molecule has 0 bridgehead atoms. The van der Waals surface area contributed by atoms with Crippen LogP contribution in [0.2, 0.25) is 0 Å². The monoisotopic (exact) mass is 391 g/mol. The Morgan fingerprint density at radius 1 is 0.857 bits per heavy atom. The van der Waals surface area contributed by atoms with Gasteiger partial charge in [-0.1, -0.05) is 30.3 Å². The van der Waals surface area contributed by atoms with Gasteiger partial charge in [0, 0.05) is 30.0 Å². The molecule has 2 nitrogen and oxygen atoms in total. The van der Waals surface area contributed by atoms with E-state index < -0.39 is 35.7 Å². The van der Waals surface area contributed by atoms with Crippen molar-refractivity contribution in [2.45, 2.75) is 0 Å². The molecule has 1 heterocycles. The van der Waals surface area contributed by atoms with Crippen molar-refractivity contribution in [3.8, 4) is 22.4 Å². The minimum Gasteiger partial charge on any atom is -0.377 e. The zero-order valence-electron chi connectivity index (χ0n) is 14.6. The fourth-order valence-corrected chi connectivity index (χ4v) is 2.59. The minimum absolute atomic E-state index is 0.0696. The number of rotatable bonds is 5. The molecule has 0 fully saturated rings. The predicted molar refractivity (Wildman–Crippen MR) is 96.0 cm³/mol. The van der Waals surface area contributed by atoms with Gasteiger partial charge in [0.2, 0.25) is 0 Å². The van der Waals surface area contributed by atoms with Crippen molar-refractivity contribution >= 4 is 5.83 Å². The summed E-state index contributed by atoms with van der Waals surface area (Å²) in [6.07, 6.45) is 1.46. The maximum absolute atomic E-state index is 13.9. The highest BCUT2D eigenvalue weighted by atomic mass is 19.2. The van der Waals surface area contributed by atoms with Crippen LogP contribution in [0.1, 0.15) is 5.56 Å². The lowest BCUT2D eigenvalue weighted by molar-refractivity contribution is 0.205. The van der Waals surface area contributed by atoms with Gasteiger partial charge in [-0.2, -0.15) is 0 Å². The van der Waals surface area contributed by atoms with Crippen LogP contribution in [-0.2, 0) is 4.74 Å². The first-order valence-corrected chi connectivity index (χ1v) is 8.15. The number of hydrogen-bond donors (Lipinski definition) is 0. The zero-order valence-corrected chi connectivity index (χ0v) is 14.6. The van der Waals surface area contributed by atoms with E-state index in [1.165, 1.54) is 31.5 Å². The van der Waals surface area contributed by atoms with E-state index in [1.54, 1.807) is 18.2 Å². The molecule has 144 valence electrons. The third-order valence-corrected chi connectivity index (χ3v) is 4.02. The normalized spacial score (nSPS) is 12.1. The molecular formula is C21H14F5NO. The summed E-state index contributed by atoms with van der Waals surface area (Å²) < 4.78 is 71.8. The predicted octanol–water partition coefficient (Wildman–Crippen LogP) is 6.09. The maximum Gasteiger partial charge on any atom is 0.194 e. The number of aromatic nitrogens is 1. The van der Waals surface area contributed by atoms with E-state index in [2.05, 4.69) is 9.72 Å². The summed E-state index contributed by atoms with van der Waals surface area (Å²) >= 11 is 0. The van der Waals surface area contributed by atoms with Crippen molar-refractivity contribution in [3.63, 3.8) is 0 Å². The second kappa shape index (κ2) is 8.31. The lowest BCUT2D eigenvalue weighted by atomic mass is 10.0. The highest BCUT2D eigenvalue weighted by molar-refractivity contribution is 5.70. The molecule has 0 radical (unpaired) electrons. The van der Waals surface area contributed by atoms with Crippen molar-refractivity contribution in [2.75, 3.05) is 13.7 Å². The van der Waals surface area contributed by atoms with E-state index in [9.17, 15) is 22.0 Å². The first-order chi connectivity index (χ1) is 13.4. The Kier molecular flexibility index (Phi) is 5.84. The molecule has 3 aromatic rings. The Bertz CT molecular complexity index is 991. The summed E-state index contributed by atoms with van der Waals surface area (Å²) in [6.45, 7) is -0.455. The van der Waals surface area contributed by atoms with Crippen molar-refractivity contribution < 1.29 is 26.7 Å². The van der Waals surface area contributed by atoms with E-state index >= 15 is 0 Å². The van der Waals surface area contributed by atoms with Gasteiger partial charge in [-0.15, -0.1) is 0 Å². The van der Waals surface area contributed by atoms with Gasteiger partial charge in [0.15, 0.2) is 29.1 Å². The molecule has 1 aromatic heterocycles. The van der Waals surface area contributed by atoms with Crippen LogP contribution >= 0.6 is 0 Å². The molecular weight excluding hydrogens is 377 g/mol. The number of pyridine rings is 1. The molecule has 0 spiro atoms. The number of nitrogens with zero attached hydrogens (tertiary/aromatic N) is 1. The van der Waals surface area contributed by atoms with E-state index in [0.717, 1.165) is 12.1 Å². The van der Waals surface area contributed by atoms with Crippen LogP contribution in [0, 0.1) is 17.5 Å². The molecule has 0 amide bonds.